The number of rotatable bonds is 4. The van der Waals surface area contributed by atoms with Gasteiger partial charge in [-0.2, -0.15) is 0 Å². The van der Waals surface area contributed by atoms with Crippen LogP contribution in [0.15, 0.2) is 36.1 Å². The van der Waals surface area contributed by atoms with Crippen LogP contribution in [-0.2, 0) is 13.0 Å². The maximum Gasteiger partial charge on any atom is 0.137 e. The van der Waals surface area contributed by atoms with Gasteiger partial charge in [0.15, 0.2) is 0 Å². The maximum absolute atomic E-state index is 4.58. The first-order chi connectivity index (χ1) is 10.3. The number of thiophene rings is 1. The van der Waals surface area contributed by atoms with Crippen molar-refractivity contribution < 1.29 is 0 Å². The molecule has 0 aliphatic carbocycles. The van der Waals surface area contributed by atoms with Gasteiger partial charge < -0.3 is 9.47 Å². The van der Waals surface area contributed by atoms with Gasteiger partial charge >= 0.3 is 0 Å². The second-order valence-corrected chi connectivity index (χ2v) is 6.54. The van der Waals surface area contributed by atoms with Gasteiger partial charge in [-0.3, -0.25) is 0 Å². The Hall–Kier alpha value is -1.88. The Morgan fingerprint density at radius 2 is 2.14 bits per heavy atom. The predicted octanol–water partition coefficient (Wildman–Crippen LogP) is 3.19. The first-order valence-electron chi connectivity index (χ1n) is 7.42. The number of imidazole rings is 1. The summed E-state index contributed by atoms with van der Waals surface area (Å²) < 4.78 is 3.62. The van der Waals surface area contributed by atoms with Crippen LogP contribution in [0.4, 0.5) is 5.82 Å². The summed E-state index contributed by atoms with van der Waals surface area (Å²) in [5.74, 6) is 3.03. The monoisotopic (exact) mass is 298 g/mol. The molecule has 108 valence electrons. The molecule has 21 heavy (non-hydrogen) atoms. The number of hydrogen-bond acceptors (Lipinski definition) is 4. The number of anilines is 1. The summed E-state index contributed by atoms with van der Waals surface area (Å²) in [7, 11) is 0. The molecule has 3 aromatic heterocycles. The molecule has 4 nitrogen and oxygen atoms in total. The van der Waals surface area contributed by atoms with Crippen molar-refractivity contribution >= 4 is 27.2 Å². The zero-order valence-corrected chi connectivity index (χ0v) is 12.9. The van der Waals surface area contributed by atoms with Gasteiger partial charge in [0.05, 0.1) is 0 Å². The molecule has 0 aromatic carbocycles. The van der Waals surface area contributed by atoms with Crippen molar-refractivity contribution in [1.29, 1.82) is 0 Å². The highest BCUT2D eigenvalue weighted by Gasteiger charge is 2.29. The van der Waals surface area contributed by atoms with Crippen molar-refractivity contribution in [3.05, 3.63) is 41.9 Å². The molecule has 5 heteroatoms. The molecular formula is C16H18N4S. The summed E-state index contributed by atoms with van der Waals surface area (Å²) in [4.78, 5) is 11.4. The summed E-state index contributed by atoms with van der Waals surface area (Å²) in [5, 5.41) is 3.43. The van der Waals surface area contributed by atoms with Gasteiger partial charge in [0.2, 0.25) is 0 Å². The maximum atomic E-state index is 4.58. The lowest BCUT2D eigenvalue weighted by atomic mass is 9.99. The van der Waals surface area contributed by atoms with Gasteiger partial charge in [-0.25, -0.2) is 9.97 Å². The van der Waals surface area contributed by atoms with Crippen LogP contribution < -0.4 is 4.90 Å². The van der Waals surface area contributed by atoms with Gasteiger partial charge in [-0.15, -0.1) is 11.3 Å². The third-order valence-electron chi connectivity index (χ3n) is 4.19. The number of nitrogens with zero attached hydrogens (tertiary/aromatic N) is 4. The third-order valence-corrected chi connectivity index (χ3v) is 5.07. The summed E-state index contributed by atoms with van der Waals surface area (Å²) in [6, 6.07) is 4.28. The highest BCUT2D eigenvalue weighted by Crippen LogP contribution is 2.32. The van der Waals surface area contributed by atoms with Gasteiger partial charge in [0, 0.05) is 60.6 Å². The number of fused-ring (bicyclic) bond motifs is 1. The second-order valence-electron chi connectivity index (χ2n) is 5.59. The average Bonchev–Trinajstić information content (AvgIpc) is 3.10. The van der Waals surface area contributed by atoms with Gasteiger partial charge in [0.1, 0.15) is 11.6 Å². The minimum Gasteiger partial charge on any atom is -0.355 e. The molecule has 1 aliphatic heterocycles. The van der Waals surface area contributed by atoms with Crippen molar-refractivity contribution in [1.82, 2.24) is 14.5 Å². The molecular weight excluding hydrogens is 280 g/mol. The van der Waals surface area contributed by atoms with E-state index in [0.29, 0.717) is 5.92 Å². The van der Waals surface area contributed by atoms with Crippen LogP contribution in [0.5, 0.6) is 0 Å². The molecule has 0 unspecified atom stereocenters. The minimum absolute atomic E-state index is 0.695. The van der Waals surface area contributed by atoms with Crippen molar-refractivity contribution in [3.63, 3.8) is 0 Å². The summed E-state index contributed by atoms with van der Waals surface area (Å²) >= 11 is 1.78. The SMILES string of the molecule is CCc1nccn1CC1CN(c2nccc3sccc23)C1. The van der Waals surface area contributed by atoms with E-state index in [1.165, 1.54) is 15.9 Å². The molecule has 0 spiro atoms. The molecule has 1 aliphatic rings. The van der Waals surface area contributed by atoms with E-state index in [9.17, 15) is 0 Å². The zero-order valence-electron chi connectivity index (χ0n) is 12.1. The summed E-state index contributed by atoms with van der Waals surface area (Å²) in [6.07, 6.45) is 6.92. The predicted molar refractivity (Wildman–Crippen MR) is 86.9 cm³/mol. The fourth-order valence-electron chi connectivity index (χ4n) is 3.09. The van der Waals surface area contributed by atoms with Gasteiger partial charge in [0.25, 0.3) is 0 Å². The second kappa shape index (κ2) is 5.15. The number of aromatic nitrogens is 3. The third kappa shape index (κ3) is 2.21. The Bertz CT molecular complexity index is 754. The van der Waals surface area contributed by atoms with Crippen LogP contribution in [0.2, 0.25) is 0 Å². The fraction of sp³-hybridized carbons (Fsp3) is 0.375. The number of hydrogen-bond donors (Lipinski definition) is 0. The molecule has 0 radical (unpaired) electrons. The lowest BCUT2D eigenvalue weighted by Crippen LogP contribution is -2.49. The smallest absolute Gasteiger partial charge is 0.137 e. The summed E-state index contributed by atoms with van der Waals surface area (Å²) in [5.41, 5.74) is 0. The van der Waals surface area contributed by atoms with Crippen molar-refractivity contribution in [2.45, 2.75) is 19.9 Å². The quantitative estimate of drug-likeness (QED) is 0.742. The molecule has 1 fully saturated rings. The highest BCUT2D eigenvalue weighted by atomic mass is 32.1. The van der Waals surface area contributed by atoms with E-state index in [1.54, 1.807) is 11.3 Å². The lowest BCUT2D eigenvalue weighted by Gasteiger charge is -2.40. The molecule has 0 atom stereocenters. The van der Waals surface area contributed by atoms with Crippen molar-refractivity contribution in [2.24, 2.45) is 5.92 Å². The molecule has 4 rings (SSSR count). The van der Waals surface area contributed by atoms with Crippen molar-refractivity contribution in [2.75, 3.05) is 18.0 Å². The fourth-order valence-corrected chi connectivity index (χ4v) is 3.87. The Kier molecular flexibility index (Phi) is 3.15. The van der Waals surface area contributed by atoms with E-state index >= 15 is 0 Å². The Labute approximate surface area is 128 Å². The summed E-state index contributed by atoms with van der Waals surface area (Å²) in [6.45, 7) is 5.40. The highest BCUT2D eigenvalue weighted by molar-refractivity contribution is 7.17. The molecule has 3 aromatic rings. The normalized spacial score (nSPS) is 15.6. The lowest BCUT2D eigenvalue weighted by molar-refractivity contribution is 0.352. The van der Waals surface area contributed by atoms with E-state index in [0.717, 1.165) is 31.9 Å². The van der Waals surface area contributed by atoms with E-state index < -0.39 is 0 Å². The number of aryl methyl sites for hydroxylation is 1. The molecule has 4 heterocycles. The van der Waals surface area contributed by atoms with E-state index in [1.807, 2.05) is 12.4 Å². The largest absolute Gasteiger partial charge is 0.355 e. The van der Waals surface area contributed by atoms with Crippen molar-refractivity contribution in [3.8, 4) is 0 Å². The first kappa shape index (κ1) is 12.8. The van der Waals surface area contributed by atoms with Gasteiger partial charge in [-0.1, -0.05) is 6.92 Å². The molecule has 1 saturated heterocycles. The van der Waals surface area contributed by atoms with E-state index in [-0.39, 0.29) is 0 Å². The number of pyridine rings is 1. The standard InChI is InChI=1S/C16H18N4S/c1-2-15-17-6-7-19(15)9-12-10-20(11-12)16-13-4-8-21-14(13)3-5-18-16/h3-8,12H,2,9-11H2,1H3. The minimum atomic E-state index is 0.695. The topological polar surface area (TPSA) is 34.0 Å². The Balaban J connectivity index is 1.46. The molecule has 0 saturated carbocycles. The van der Waals surface area contributed by atoms with Crippen LogP contribution >= 0.6 is 11.3 Å². The molecule has 0 amide bonds. The molecule has 0 N–H and O–H groups in total. The van der Waals surface area contributed by atoms with E-state index in [2.05, 4.69) is 50.1 Å². The van der Waals surface area contributed by atoms with Crippen LogP contribution in [0.3, 0.4) is 0 Å². The van der Waals surface area contributed by atoms with Crippen LogP contribution in [0.25, 0.3) is 10.1 Å². The average molecular weight is 298 g/mol. The molecule has 0 bridgehead atoms. The first-order valence-corrected chi connectivity index (χ1v) is 8.30. The van der Waals surface area contributed by atoms with Crippen LogP contribution in [-0.4, -0.2) is 27.6 Å². The van der Waals surface area contributed by atoms with Gasteiger partial charge in [-0.05, 0) is 17.5 Å². The Morgan fingerprint density at radius 3 is 3.00 bits per heavy atom. The zero-order chi connectivity index (χ0) is 14.2. The van der Waals surface area contributed by atoms with E-state index in [4.69, 9.17) is 0 Å². The van der Waals surface area contributed by atoms with Crippen LogP contribution in [0, 0.1) is 5.92 Å². The Morgan fingerprint density at radius 1 is 1.24 bits per heavy atom. The van der Waals surface area contributed by atoms with Crippen LogP contribution in [0.1, 0.15) is 12.7 Å².